The average Bonchev–Trinajstić information content (AvgIpc) is 2.47. The van der Waals surface area contributed by atoms with E-state index in [9.17, 15) is 0 Å². The Morgan fingerprint density at radius 3 is 2.80 bits per heavy atom. The van der Waals surface area contributed by atoms with E-state index in [1.54, 1.807) is 11.8 Å². The van der Waals surface area contributed by atoms with Gasteiger partial charge in [0.1, 0.15) is 5.75 Å². The summed E-state index contributed by atoms with van der Waals surface area (Å²) in [5.41, 5.74) is 8.25. The second-order valence-electron chi connectivity index (χ2n) is 4.55. The Balaban J connectivity index is 2.16. The van der Waals surface area contributed by atoms with Gasteiger partial charge in [0.15, 0.2) is 0 Å². The van der Waals surface area contributed by atoms with Gasteiger partial charge >= 0.3 is 0 Å². The fourth-order valence-corrected chi connectivity index (χ4v) is 2.72. The van der Waals surface area contributed by atoms with Crippen molar-refractivity contribution in [3.63, 3.8) is 0 Å². The van der Waals surface area contributed by atoms with Gasteiger partial charge in [-0.05, 0) is 43.7 Å². The van der Waals surface area contributed by atoms with E-state index < -0.39 is 0 Å². The molecule has 0 spiro atoms. The van der Waals surface area contributed by atoms with Crippen LogP contribution in [-0.4, -0.2) is 11.6 Å². The first kappa shape index (κ1) is 14.9. The number of ether oxygens (including phenoxy) is 1. The van der Waals surface area contributed by atoms with Crippen LogP contribution in [-0.2, 0) is 5.75 Å². The highest BCUT2D eigenvalue weighted by Gasteiger charge is 2.08. The molecule has 2 N–H and O–H groups in total. The molecule has 3 nitrogen and oxygen atoms in total. The van der Waals surface area contributed by atoms with E-state index in [-0.39, 0.29) is 6.04 Å². The molecule has 0 radical (unpaired) electrons. The Hall–Kier alpha value is -1.52. The van der Waals surface area contributed by atoms with Crippen LogP contribution >= 0.6 is 11.8 Å². The number of pyridine rings is 1. The highest BCUT2D eigenvalue weighted by Crippen LogP contribution is 2.29. The van der Waals surface area contributed by atoms with Gasteiger partial charge < -0.3 is 10.5 Å². The molecule has 1 unspecified atom stereocenters. The largest absolute Gasteiger partial charge is 0.494 e. The Labute approximate surface area is 124 Å². The Morgan fingerprint density at radius 2 is 2.15 bits per heavy atom. The van der Waals surface area contributed by atoms with Gasteiger partial charge in [-0.25, -0.2) is 4.98 Å². The van der Waals surface area contributed by atoms with E-state index in [0.717, 1.165) is 27.7 Å². The van der Waals surface area contributed by atoms with E-state index in [4.69, 9.17) is 10.5 Å². The number of hydrogen-bond acceptors (Lipinski definition) is 4. The summed E-state index contributed by atoms with van der Waals surface area (Å²) in [5, 5.41) is 1.01. The van der Waals surface area contributed by atoms with E-state index in [2.05, 4.69) is 11.1 Å². The summed E-state index contributed by atoms with van der Waals surface area (Å²) in [6.07, 6.45) is 1.81. The van der Waals surface area contributed by atoms with Crippen LogP contribution in [0, 0.1) is 0 Å². The molecule has 1 aromatic carbocycles. The molecule has 0 aliphatic carbocycles. The Morgan fingerprint density at radius 1 is 1.30 bits per heavy atom. The fourth-order valence-electron chi connectivity index (χ4n) is 1.88. The van der Waals surface area contributed by atoms with Crippen LogP contribution in [0.3, 0.4) is 0 Å². The first-order chi connectivity index (χ1) is 9.70. The van der Waals surface area contributed by atoms with Crippen molar-refractivity contribution in [3.05, 3.63) is 53.7 Å². The summed E-state index contributed by atoms with van der Waals surface area (Å²) in [5.74, 6) is 1.76. The standard InChI is InChI=1S/C16H20N2OS/c1-3-19-15-8-7-13(12(2)17)10-14(15)11-20-16-6-4-5-9-18-16/h4-10,12H,3,11,17H2,1-2H3. The van der Waals surface area contributed by atoms with E-state index >= 15 is 0 Å². The molecule has 0 amide bonds. The Bertz CT molecular complexity index is 543. The van der Waals surface area contributed by atoms with E-state index in [1.165, 1.54) is 0 Å². The number of benzene rings is 1. The van der Waals surface area contributed by atoms with Crippen molar-refractivity contribution < 1.29 is 4.74 Å². The van der Waals surface area contributed by atoms with Crippen molar-refractivity contribution in [2.45, 2.75) is 30.7 Å². The number of hydrogen-bond donors (Lipinski definition) is 1. The summed E-state index contributed by atoms with van der Waals surface area (Å²) < 4.78 is 5.69. The molecule has 4 heteroatoms. The SMILES string of the molecule is CCOc1ccc(C(C)N)cc1CSc1ccccn1. The maximum atomic E-state index is 5.95. The highest BCUT2D eigenvalue weighted by molar-refractivity contribution is 7.98. The number of nitrogens with two attached hydrogens (primary N) is 1. The van der Waals surface area contributed by atoms with E-state index in [1.807, 2.05) is 50.4 Å². The van der Waals surface area contributed by atoms with Gasteiger partial charge in [-0.2, -0.15) is 0 Å². The molecule has 0 bridgehead atoms. The third-order valence-corrected chi connectivity index (χ3v) is 3.92. The molecule has 20 heavy (non-hydrogen) atoms. The van der Waals surface area contributed by atoms with Gasteiger partial charge in [-0.15, -0.1) is 11.8 Å². The van der Waals surface area contributed by atoms with Crippen LogP contribution < -0.4 is 10.5 Å². The molecule has 0 saturated carbocycles. The van der Waals surface area contributed by atoms with Crippen molar-refractivity contribution in [1.82, 2.24) is 4.98 Å². The maximum Gasteiger partial charge on any atom is 0.123 e. The minimum absolute atomic E-state index is 0.0317. The predicted molar refractivity (Wildman–Crippen MR) is 84.0 cm³/mol. The molecule has 1 atom stereocenters. The third-order valence-electron chi connectivity index (χ3n) is 2.92. The van der Waals surface area contributed by atoms with Gasteiger partial charge in [0, 0.05) is 23.6 Å². The second kappa shape index (κ2) is 7.31. The molecule has 106 valence electrons. The third kappa shape index (κ3) is 3.99. The molecular formula is C16H20N2OS. The van der Waals surface area contributed by atoms with Gasteiger partial charge in [0.25, 0.3) is 0 Å². The summed E-state index contributed by atoms with van der Waals surface area (Å²) >= 11 is 1.70. The lowest BCUT2D eigenvalue weighted by atomic mass is 10.1. The first-order valence-electron chi connectivity index (χ1n) is 6.75. The van der Waals surface area contributed by atoms with Crippen LogP contribution in [0.25, 0.3) is 0 Å². The molecule has 0 aliphatic heterocycles. The summed E-state index contributed by atoms with van der Waals surface area (Å²) in [6, 6.07) is 12.1. The van der Waals surface area contributed by atoms with Crippen LogP contribution in [0.5, 0.6) is 5.75 Å². The minimum atomic E-state index is 0.0317. The molecule has 2 rings (SSSR count). The summed E-state index contributed by atoms with van der Waals surface area (Å²) in [4.78, 5) is 4.32. The summed E-state index contributed by atoms with van der Waals surface area (Å²) in [6.45, 7) is 4.65. The zero-order valence-corrected chi connectivity index (χ0v) is 12.7. The van der Waals surface area contributed by atoms with Gasteiger partial charge in [-0.3, -0.25) is 0 Å². The lowest BCUT2D eigenvalue weighted by molar-refractivity contribution is 0.337. The van der Waals surface area contributed by atoms with Crippen LogP contribution in [0.4, 0.5) is 0 Å². The highest BCUT2D eigenvalue weighted by atomic mass is 32.2. The summed E-state index contributed by atoms with van der Waals surface area (Å²) in [7, 11) is 0. The minimum Gasteiger partial charge on any atom is -0.494 e. The van der Waals surface area contributed by atoms with Gasteiger partial charge in [0.2, 0.25) is 0 Å². The fraction of sp³-hybridized carbons (Fsp3) is 0.312. The first-order valence-corrected chi connectivity index (χ1v) is 7.74. The quantitative estimate of drug-likeness (QED) is 0.822. The smallest absolute Gasteiger partial charge is 0.123 e. The normalized spacial score (nSPS) is 12.2. The monoisotopic (exact) mass is 288 g/mol. The van der Waals surface area contributed by atoms with Crippen LogP contribution in [0.1, 0.15) is 31.0 Å². The van der Waals surface area contributed by atoms with Crippen molar-refractivity contribution in [2.24, 2.45) is 5.73 Å². The molecular weight excluding hydrogens is 268 g/mol. The number of thioether (sulfide) groups is 1. The number of aromatic nitrogens is 1. The van der Waals surface area contributed by atoms with Crippen LogP contribution in [0.2, 0.25) is 0 Å². The number of rotatable bonds is 6. The second-order valence-corrected chi connectivity index (χ2v) is 5.54. The predicted octanol–water partition coefficient (Wildman–Crippen LogP) is 3.79. The topological polar surface area (TPSA) is 48.1 Å². The molecule has 1 heterocycles. The van der Waals surface area contributed by atoms with E-state index in [0.29, 0.717) is 6.61 Å². The lowest BCUT2D eigenvalue weighted by Crippen LogP contribution is -2.06. The molecule has 2 aromatic rings. The van der Waals surface area contributed by atoms with Crippen LogP contribution in [0.15, 0.2) is 47.6 Å². The van der Waals surface area contributed by atoms with Crippen molar-refractivity contribution in [1.29, 1.82) is 0 Å². The molecule has 1 aromatic heterocycles. The van der Waals surface area contributed by atoms with Crippen molar-refractivity contribution >= 4 is 11.8 Å². The molecule has 0 saturated heterocycles. The van der Waals surface area contributed by atoms with Gasteiger partial charge in [0.05, 0.1) is 11.6 Å². The van der Waals surface area contributed by atoms with Gasteiger partial charge in [-0.1, -0.05) is 12.1 Å². The Kier molecular flexibility index (Phi) is 5.44. The lowest BCUT2D eigenvalue weighted by Gasteiger charge is -2.13. The molecule has 0 fully saturated rings. The van der Waals surface area contributed by atoms with Crippen molar-refractivity contribution in [3.8, 4) is 5.75 Å². The zero-order valence-electron chi connectivity index (χ0n) is 11.9. The average molecular weight is 288 g/mol. The van der Waals surface area contributed by atoms with Crippen molar-refractivity contribution in [2.75, 3.05) is 6.61 Å². The maximum absolute atomic E-state index is 5.95. The zero-order chi connectivity index (χ0) is 14.4. The number of nitrogens with zero attached hydrogens (tertiary/aromatic N) is 1. The molecule has 0 aliphatic rings.